The molecular weight excluding hydrogens is 509 g/mol. The van der Waals surface area contributed by atoms with Gasteiger partial charge in [0.15, 0.2) is 5.78 Å². The number of benzene rings is 3. The van der Waals surface area contributed by atoms with E-state index in [1.165, 1.54) is 6.07 Å². The van der Waals surface area contributed by atoms with Crippen molar-refractivity contribution in [2.45, 2.75) is 36.8 Å². The molecule has 3 aromatic carbocycles. The van der Waals surface area contributed by atoms with E-state index >= 15 is 0 Å². The molecule has 2 saturated heterocycles. The van der Waals surface area contributed by atoms with Crippen molar-refractivity contribution in [1.29, 1.82) is 0 Å². The highest BCUT2D eigenvalue weighted by Crippen LogP contribution is 2.66. The molecular formula is C29H23Cl2N3O3. The van der Waals surface area contributed by atoms with E-state index in [1.54, 1.807) is 12.1 Å². The number of aryl methyl sites for hydroxylation is 1. The van der Waals surface area contributed by atoms with Crippen LogP contribution in [0.3, 0.4) is 0 Å². The summed E-state index contributed by atoms with van der Waals surface area (Å²) in [6.07, 6.45) is 1.51. The van der Waals surface area contributed by atoms with E-state index in [4.69, 9.17) is 23.2 Å². The van der Waals surface area contributed by atoms with Crippen LogP contribution >= 0.6 is 23.2 Å². The molecule has 4 aliphatic rings. The van der Waals surface area contributed by atoms with Gasteiger partial charge in [0.25, 0.3) is 0 Å². The monoisotopic (exact) mass is 531 g/mol. The molecule has 2 spiro atoms. The SMILES string of the molecule is Cc1ccc2c(c1)[C@]1(C(=O)N2)[C@@H](C(=O)c2ccc(Cl)cc2Cl)[C@@]2(C(=O)Nc3ccccc32)[C@H]2CCCN21. The minimum Gasteiger partial charge on any atom is -0.325 e. The Morgan fingerprint density at radius 1 is 0.946 bits per heavy atom. The number of hydrogen-bond donors (Lipinski definition) is 2. The maximum Gasteiger partial charge on any atom is 0.250 e. The summed E-state index contributed by atoms with van der Waals surface area (Å²) >= 11 is 12.8. The van der Waals surface area contributed by atoms with Crippen LogP contribution in [0.15, 0.2) is 60.7 Å². The molecule has 186 valence electrons. The van der Waals surface area contributed by atoms with Crippen LogP contribution in [0.1, 0.15) is 39.9 Å². The van der Waals surface area contributed by atoms with Gasteiger partial charge < -0.3 is 10.6 Å². The fourth-order valence-corrected chi connectivity index (χ4v) is 8.01. The zero-order valence-electron chi connectivity index (χ0n) is 20.0. The highest BCUT2D eigenvalue weighted by atomic mass is 35.5. The first-order valence-electron chi connectivity index (χ1n) is 12.4. The van der Waals surface area contributed by atoms with Crippen molar-refractivity contribution in [3.05, 3.63) is 93.0 Å². The smallest absolute Gasteiger partial charge is 0.250 e. The summed E-state index contributed by atoms with van der Waals surface area (Å²) in [7, 11) is 0. The number of para-hydroxylation sites is 1. The van der Waals surface area contributed by atoms with Crippen molar-refractivity contribution >= 4 is 52.2 Å². The Kier molecular flexibility index (Phi) is 4.76. The van der Waals surface area contributed by atoms with E-state index in [1.807, 2.05) is 49.4 Å². The number of anilines is 2. The van der Waals surface area contributed by atoms with Crippen molar-refractivity contribution in [3.8, 4) is 0 Å². The molecule has 37 heavy (non-hydrogen) atoms. The summed E-state index contributed by atoms with van der Waals surface area (Å²) in [4.78, 5) is 45.4. The molecule has 0 aromatic heterocycles. The van der Waals surface area contributed by atoms with Crippen LogP contribution in [-0.2, 0) is 20.5 Å². The molecule has 2 amide bonds. The number of carbonyl (C=O) groups is 3. The van der Waals surface area contributed by atoms with Gasteiger partial charge in [-0.05, 0) is 62.2 Å². The second-order valence-electron chi connectivity index (χ2n) is 10.4. The maximum absolute atomic E-state index is 14.8. The Morgan fingerprint density at radius 3 is 2.51 bits per heavy atom. The molecule has 4 atom stereocenters. The average molecular weight is 532 g/mol. The highest BCUT2D eigenvalue weighted by molar-refractivity contribution is 6.37. The van der Waals surface area contributed by atoms with Gasteiger partial charge in [0.1, 0.15) is 11.0 Å². The second kappa shape index (κ2) is 7.67. The fraction of sp³-hybridized carbons (Fsp3) is 0.276. The summed E-state index contributed by atoms with van der Waals surface area (Å²) in [5.41, 5.74) is 1.44. The number of carbonyl (C=O) groups excluding carboxylic acids is 3. The number of amides is 2. The zero-order valence-corrected chi connectivity index (χ0v) is 21.5. The van der Waals surface area contributed by atoms with E-state index in [9.17, 15) is 14.4 Å². The summed E-state index contributed by atoms with van der Waals surface area (Å²) < 4.78 is 0. The predicted octanol–water partition coefficient (Wildman–Crippen LogP) is 5.32. The lowest BCUT2D eigenvalue weighted by Gasteiger charge is -2.38. The standard InChI is InChI=1S/C29H23Cl2N3O3/c1-15-8-11-22-19(13-15)29(27(37)33-22)25(24(35)17-10-9-16(30)14-20(17)31)28(23-7-4-12-34(23)29)18-5-2-3-6-21(18)32-26(28)36/h2-3,5-6,8-11,13-14,23,25H,4,7,12H2,1H3,(H,32,36)(H,33,37)/t23-,25+,28+,29-/m1/s1. The maximum atomic E-state index is 14.8. The number of fused-ring (bicyclic) bond motifs is 7. The lowest BCUT2D eigenvalue weighted by atomic mass is 9.60. The van der Waals surface area contributed by atoms with Crippen molar-refractivity contribution in [1.82, 2.24) is 4.90 Å². The molecule has 6 nitrogen and oxygen atoms in total. The van der Waals surface area contributed by atoms with Crippen molar-refractivity contribution in [3.63, 3.8) is 0 Å². The van der Waals surface area contributed by atoms with Gasteiger partial charge in [-0.25, -0.2) is 0 Å². The number of nitrogens with one attached hydrogen (secondary N) is 2. The Bertz CT molecular complexity index is 1560. The lowest BCUT2D eigenvalue weighted by Crippen LogP contribution is -2.55. The summed E-state index contributed by atoms with van der Waals surface area (Å²) in [5, 5.41) is 6.72. The number of ketones is 1. The number of Topliss-reactive ketones (excluding diaryl/α,β-unsaturated/α-hetero) is 1. The molecule has 0 saturated carbocycles. The molecule has 4 aliphatic heterocycles. The molecule has 8 heteroatoms. The van der Waals surface area contributed by atoms with Crippen molar-refractivity contribution in [2.75, 3.05) is 17.2 Å². The van der Waals surface area contributed by atoms with Crippen LogP contribution in [0.4, 0.5) is 11.4 Å². The molecule has 7 rings (SSSR count). The number of rotatable bonds is 2. The molecule has 0 bridgehead atoms. The second-order valence-corrected chi connectivity index (χ2v) is 11.3. The van der Waals surface area contributed by atoms with Crippen molar-refractivity contribution < 1.29 is 14.4 Å². The third-order valence-corrected chi connectivity index (χ3v) is 9.29. The van der Waals surface area contributed by atoms with Gasteiger partial charge in [-0.3, -0.25) is 19.3 Å². The highest BCUT2D eigenvalue weighted by Gasteiger charge is 2.78. The average Bonchev–Trinajstić information content (AvgIpc) is 3.58. The van der Waals surface area contributed by atoms with Gasteiger partial charge in [0.2, 0.25) is 11.8 Å². The number of hydrogen-bond acceptors (Lipinski definition) is 4. The van der Waals surface area contributed by atoms with E-state index in [0.29, 0.717) is 29.4 Å². The topological polar surface area (TPSA) is 78.5 Å². The van der Waals surface area contributed by atoms with Gasteiger partial charge in [0.05, 0.1) is 10.9 Å². The van der Waals surface area contributed by atoms with Gasteiger partial charge >= 0.3 is 0 Å². The summed E-state index contributed by atoms with van der Waals surface area (Å²) in [5.74, 6) is -1.92. The van der Waals surface area contributed by atoms with Crippen LogP contribution in [0.2, 0.25) is 10.0 Å². The van der Waals surface area contributed by atoms with Gasteiger partial charge in [-0.1, -0.05) is 59.1 Å². The Labute approximate surface area is 223 Å². The van der Waals surface area contributed by atoms with Crippen LogP contribution in [0, 0.1) is 12.8 Å². The van der Waals surface area contributed by atoms with Gasteiger partial charge in [0, 0.05) is 33.6 Å². The molecule has 2 fully saturated rings. The van der Waals surface area contributed by atoms with E-state index in [0.717, 1.165) is 23.1 Å². The first-order valence-corrected chi connectivity index (χ1v) is 13.2. The Balaban J connectivity index is 1.60. The van der Waals surface area contributed by atoms with Gasteiger partial charge in [-0.15, -0.1) is 0 Å². The molecule has 2 N–H and O–H groups in total. The third-order valence-electron chi connectivity index (χ3n) is 8.74. The van der Waals surface area contributed by atoms with E-state index < -0.39 is 16.9 Å². The molecule has 0 radical (unpaired) electrons. The molecule has 4 heterocycles. The summed E-state index contributed by atoms with van der Waals surface area (Å²) in [6.45, 7) is 2.56. The molecule has 3 aromatic rings. The minimum absolute atomic E-state index is 0.199. The Morgan fingerprint density at radius 2 is 1.70 bits per heavy atom. The van der Waals surface area contributed by atoms with Crippen LogP contribution in [-0.4, -0.2) is 35.1 Å². The van der Waals surface area contributed by atoms with Crippen molar-refractivity contribution in [2.24, 2.45) is 5.92 Å². The predicted molar refractivity (Wildman–Crippen MR) is 142 cm³/mol. The fourth-order valence-electron chi connectivity index (χ4n) is 7.50. The Hall–Kier alpha value is -3.19. The van der Waals surface area contributed by atoms with Crippen LogP contribution in [0.25, 0.3) is 0 Å². The first-order chi connectivity index (χ1) is 17.8. The minimum atomic E-state index is -1.36. The van der Waals surface area contributed by atoms with E-state index in [-0.39, 0.29) is 34.2 Å². The van der Waals surface area contributed by atoms with Crippen LogP contribution in [0.5, 0.6) is 0 Å². The van der Waals surface area contributed by atoms with Gasteiger partial charge in [-0.2, -0.15) is 0 Å². The first kappa shape index (κ1) is 23.0. The number of nitrogens with zero attached hydrogens (tertiary/aromatic N) is 1. The zero-order chi connectivity index (χ0) is 25.7. The third kappa shape index (κ3) is 2.68. The lowest BCUT2D eigenvalue weighted by molar-refractivity contribution is -0.128. The largest absolute Gasteiger partial charge is 0.325 e. The van der Waals surface area contributed by atoms with Crippen LogP contribution < -0.4 is 10.6 Å². The number of halogens is 2. The summed E-state index contributed by atoms with van der Waals surface area (Å²) in [6, 6.07) is 17.7. The molecule has 0 unspecified atom stereocenters. The van der Waals surface area contributed by atoms with E-state index in [2.05, 4.69) is 15.5 Å². The normalized spacial score (nSPS) is 29.4. The quantitative estimate of drug-likeness (QED) is 0.439. The molecule has 0 aliphatic carbocycles.